The van der Waals surface area contributed by atoms with E-state index in [0.29, 0.717) is 13.0 Å². The quantitative estimate of drug-likeness (QED) is 0.714. The normalized spacial score (nSPS) is 12.5. The SMILES string of the molecule is CC[C@H](Nc1nc(CCN)nc2sc(C)c(C)c12)c1cccnc1. The maximum atomic E-state index is 5.70. The van der Waals surface area contributed by atoms with E-state index in [1.165, 1.54) is 10.4 Å². The largest absolute Gasteiger partial charge is 0.363 e. The highest BCUT2D eigenvalue weighted by Gasteiger charge is 2.17. The van der Waals surface area contributed by atoms with Crippen molar-refractivity contribution in [3.8, 4) is 0 Å². The fourth-order valence-corrected chi connectivity index (χ4v) is 3.86. The number of pyridine rings is 1. The molecule has 0 aliphatic heterocycles. The topological polar surface area (TPSA) is 76.7 Å². The molecule has 0 spiro atoms. The van der Waals surface area contributed by atoms with Crippen LogP contribution in [-0.2, 0) is 6.42 Å². The first kappa shape index (κ1) is 16.8. The number of aromatic nitrogens is 3. The Balaban J connectivity index is 2.06. The molecule has 0 radical (unpaired) electrons. The summed E-state index contributed by atoms with van der Waals surface area (Å²) in [5, 5.41) is 4.74. The van der Waals surface area contributed by atoms with Crippen LogP contribution < -0.4 is 11.1 Å². The van der Waals surface area contributed by atoms with E-state index in [2.05, 4.69) is 42.1 Å². The predicted octanol–water partition coefficient (Wildman–Crippen LogP) is 3.77. The van der Waals surface area contributed by atoms with Gasteiger partial charge in [-0.15, -0.1) is 11.3 Å². The van der Waals surface area contributed by atoms with Gasteiger partial charge >= 0.3 is 0 Å². The molecule has 3 aromatic heterocycles. The Morgan fingerprint density at radius 2 is 2.12 bits per heavy atom. The Kier molecular flexibility index (Phi) is 5.06. The maximum Gasteiger partial charge on any atom is 0.139 e. The summed E-state index contributed by atoms with van der Waals surface area (Å²) < 4.78 is 0. The number of nitrogens with one attached hydrogen (secondary N) is 1. The summed E-state index contributed by atoms with van der Waals surface area (Å²) >= 11 is 1.72. The number of aryl methyl sites for hydroxylation is 2. The first-order valence-corrected chi connectivity index (χ1v) is 9.08. The number of nitrogens with zero attached hydrogens (tertiary/aromatic N) is 3. The first-order valence-electron chi connectivity index (χ1n) is 8.27. The summed E-state index contributed by atoms with van der Waals surface area (Å²) in [5.41, 5.74) is 8.11. The second-order valence-electron chi connectivity index (χ2n) is 5.88. The van der Waals surface area contributed by atoms with E-state index in [1.54, 1.807) is 17.5 Å². The minimum atomic E-state index is 0.169. The Hall–Kier alpha value is -2.05. The van der Waals surface area contributed by atoms with E-state index < -0.39 is 0 Å². The van der Waals surface area contributed by atoms with E-state index in [4.69, 9.17) is 10.7 Å². The molecule has 0 saturated heterocycles. The van der Waals surface area contributed by atoms with Gasteiger partial charge in [0.2, 0.25) is 0 Å². The van der Waals surface area contributed by atoms with Gasteiger partial charge in [-0.25, -0.2) is 9.97 Å². The van der Waals surface area contributed by atoms with Crippen LogP contribution in [0.1, 0.15) is 41.2 Å². The van der Waals surface area contributed by atoms with Gasteiger partial charge in [-0.05, 0) is 44.0 Å². The maximum absolute atomic E-state index is 5.70. The third-order valence-corrected chi connectivity index (χ3v) is 5.35. The zero-order valence-electron chi connectivity index (χ0n) is 14.3. The number of anilines is 1. The van der Waals surface area contributed by atoms with Crippen molar-refractivity contribution in [1.82, 2.24) is 15.0 Å². The number of rotatable bonds is 6. The smallest absolute Gasteiger partial charge is 0.139 e. The van der Waals surface area contributed by atoms with Gasteiger partial charge in [-0.1, -0.05) is 13.0 Å². The van der Waals surface area contributed by atoms with Crippen molar-refractivity contribution in [3.05, 3.63) is 46.4 Å². The van der Waals surface area contributed by atoms with Gasteiger partial charge in [0.25, 0.3) is 0 Å². The van der Waals surface area contributed by atoms with E-state index >= 15 is 0 Å². The van der Waals surface area contributed by atoms with Crippen LogP contribution in [0.2, 0.25) is 0 Å². The van der Waals surface area contributed by atoms with E-state index in [-0.39, 0.29) is 6.04 Å². The highest BCUT2D eigenvalue weighted by molar-refractivity contribution is 7.18. The Bertz CT molecular complexity index is 828. The molecule has 126 valence electrons. The lowest BCUT2D eigenvalue weighted by Gasteiger charge is -2.19. The summed E-state index contributed by atoms with van der Waals surface area (Å²) in [4.78, 5) is 16.0. The predicted molar refractivity (Wildman–Crippen MR) is 101 cm³/mol. The van der Waals surface area contributed by atoms with Crippen LogP contribution in [0.4, 0.5) is 5.82 Å². The van der Waals surface area contributed by atoms with Crippen molar-refractivity contribution < 1.29 is 0 Å². The van der Waals surface area contributed by atoms with Gasteiger partial charge in [0.1, 0.15) is 16.5 Å². The second kappa shape index (κ2) is 7.23. The monoisotopic (exact) mass is 341 g/mol. The third kappa shape index (κ3) is 3.25. The van der Waals surface area contributed by atoms with Gasteiger partial charge in [-0.3, -0.25) is 4.98 Å². The average molecular weight is 341 g/mol. The summed E-state index contributed by atoms with van der Waals surface area (Å²) in [5.74, 6) is 1.70. The molecule has 0 saturated carbocycles. The van der Waals surface area contributed by atoms with Crippen LogP contribution >= 0.6 is 11.3 Å². The molecule has 3 heterocycles. The zero-order valence-corrected chi connectivity index (χ0v) is 15.2. The highest BCUT2D eigenvalue weighted by atomic mass is 32.1. The van der Waals surface area contributed by atoms with Gasteiger partial charge in [-0.2, -0.15) is 0 Å². The number of nitrogens with two attached hydrogens (primary N) is 1. The third-order valence-electron chi connectivity index (χ3n) is 4.25. The first-order chi connectivity index (χ1) is 11.6. The molecule has 0 aliphatic rings. The Labute approximate surface area is 146 Å². The van der Waals surface area contributed by atoms with Crippen molar-refractivity contribution in [2.24, 2.45) is 5.73 Å². The zero-order chi connectivity index (χ0) is 17.1. The van der Waals surface area contributed by atoms with Crippen LogP contribution in [-0.4, -0.2) is 21.5 Å². The Morgan fingerprint density at radius 3 is 2.79 bits per heavy atom. The molecule has 0 amide bonds. The molecule has 3 N–H and O–H groups in total. The molecule has 0 unspecified atom stereocenters. The molecule has 0 aliphatic carbocycles. The molecular weight excluding hydrogens is 318 g/mol. The summed E-state index contributed by atoms with van der Waals surface area (Å²) in [6.45, 7) is 6.98. The molecular formula is C18H23N5S. The average Bonchev–Trinajstić information content (AvgIpc) is 2.88. The lowest BCUT2D eigenvalue weighted by atomic mass is 10.1. The standard InChI is InChI=1S/C18H23N5S/c1-4-14(13-6-5-9-20-10-13)21-17-16-11(2)12(3)24-18(16)23-15(22-17)7-8-19/h5-6,9-10,14H,4,7-8,19H2,1-3H3,(H,21,22,23)/t14-/m0/s1. The van der Waals surface area contributed by atoms with Crippen molar-refractivity contribution in [3.63, 3.8) is 0 Å². The van der Waals surface area contributed by atoms with Crippen LogP contribution in [0, 0.1) is 13.8 Å². The number of hydrogen-bond acceptors (Lipinski definition) is 6. The molecule has 0 bridgehead atoms. The lowest BCUT2D eigenvalue weighted by Crippen LogP contribution is -2.14. The Morgan fingerprint density at radius 1 is 1.29 bits per heavy atom. The minimum absolute atomic E-state index is 0.169. The van der Waals surface area contributed by atoms with Crippen LogP contribution in [0.5, 0.6) is 0 Å². The van der Waals surface area contributed by atoms with Crippen molar-refractivity contribution >= 4 is 27.4 Å². The van der Waals surface area contributed by atoms with Gasteiger partial charge in [0, 0.05) is 23.7 Å². The summed E-state index contributed by atoms with van der Waals surface area (Å²) in [7, 11) is 0. The van der Waals surface area contributed by atoms with Gasteiger partial charge in [0.15, 0.2) is 0 Å². The van der Waals surface area contributed by atoms with E-state index in [1.807, 2.05) is 12.3 Å². The molecule has 0 fully saturated rings. The van der Waals surface area contributed by atoms with Crippen molar-refractivity contribution in [2.45, 2.75) is 39.7 Å². The van der Waals surface area contributed by atoms with E-state index in [0.717, 1.165) is 33.8 Å². The number of thiophene rings is 1. The molecule has 24 heavy (non-hydrogen) atoms. The molecule has 6 heteroatoms. The molecule has 3 aromatic rings. The molecule has 3 rings (SSSR count). The number of hydrogen-bond donors (Lipinski definition) is 2. The van der Waals surface area contributed by atoms with Crippen molar-refractivity contribution in [2.75, 3.05) is 11.9 Å². The van der Waals surface area contributed by atoms with Gasteiger partial charge in [0.05, 0.1) is 11.4 Å². The second-order valence-corrected chi connectivity index (χ2v) is 7.09. The van der Waals surface area contributed by atoms with Crippen LogP contribution in [0.3, 0.4) is 0 Å². The molecule has 5 nitrogen and oxygen atoms in total. The molecule has 1 atom stereocenters. The van der Waals surface area contributed by atoms with Crippen LogP contribution in [0.15, 0.2) is 24.5 Å². The minimum Gasteiger partial charge on any atom is -0.363 e. The van der Waals surface area contributed by atoms with E-state index in [9.17, 15) is 0 Å². The molecule has 0 aromatic carbocycles. The van der Waals surface area contributed by atoms with Crippen LogP contribution in [0.25, 0.3) is 10.2 Å². The summed E-state index contributed by atoms with van der Waals surface area (Å²) in [6, 6.07) is 4.23. The van der Waals surface area contributed by atoms with Crippen molar-refractivity contribution in [1.29, 1.82) is 0 Å². The summed E-state index contributed by atoms with van der Waals surface area (Å²) in [6.07, 6.45) is 5.34. The number of fused-ring (bicyclic) bond motifs is 1. The fourth-order valence-electron chi connectivity index (χ4n) is 2.81. The van der Waals surface area contributed by atoms with Gasteiger partial charge < -0.3 is 11.1 Å². The fraction of sp³-hybridized carbons (Fsp3) is 0.389. The lowest BCUT2D eigenvalue weighted by molar-refractivity contribution is 0.738. The highest BCUT2D eigenvalue weighted by Crippen LogP contribution is 2.35.